The maximum atomic E-state index is 12.7. The number of nitrogens with zero attached hydrogens (tertiary/aromatic N) is 3. The van der Waals surface area contributed by atoms with Crippen molar-refractivity contribution in [1.82, 2.24) is 19.4 Å². The predicted octanol–water partition coefficient (Wildman–Crippen LogP) is -0.209. The average Bonchev–Trinajstić information content (AvgIpc) is 2.92. The second kappa shape index (κ2) is 4.04. The van der Waals surface area contributed by atoms with Crippen molar-refractivity contribution in [2.24, 2.45) is 13.0 Å². The van der Waals surface area contributed by atoms with Gasteiger partial charge in [0.1, 0.15) is 0 Å². The van der Waals surface area contributed by atoms with Gasteiger partial charge in [-0.2, -0.15) is 9.40 Å². The van der Waals surface area contributed by atoms with Crippen molar-refractivity contribution >= 4 is 10.0 Å². The van der Waals surface area contributed by atoms with Gasteiger partial charge in [-0.25, -0.2) is 8.42 Å². The zero-order valence-electron chi connectivity index (χ0n) is 10.6. The van der Waals surface area contributed by atoms with Crippen LogP contribution in [0.15, 0.2) is 17.3 Å². The Morgan fingerprint density at radius 1 is 1.44 bits per heavy atom. The van der Waals surface area contributed by atoms with Crippen molar-refractivity contribution in [3.05, 3.63) is 12.3 Å². The van der Waals surface area contributed by atoms with Crippen LogP contribution in [0.2, 0.25) is 0 Å². The van der Waals surface area contributed by atoms with E-state index in [4.69, 9.17) is 0 Å². The molecule has 1 aromatic heterocycles. The van der Waals surface area contributed by atoms with Gasteiger partial charge in [0, 0.05) is 25.7 Å². The SMILES string of the molecule is CC1CC2CNCC2N1S(=O)(=O)c1ccnn1C. The molecule has 3 unspecified atom stereocenters. The Morgan fingerprint density at radius 3 is 2.89 bits per heavy atom. The maximum Gasteiger partial charge on any atom is 0.260 e. The summed E-state index contributed by atoms with van der Waals surface area (Å²) < 4.78 is 28.5. The quantitative estimate of drug-likeness (QED) is 0.807. The molecule has 0 radical (unpaired) electrons. The summed E-state index contributed by atoms with van der Waals surface area (Å²) in [6, 6.07) is 1.74. The predicted molar refractivity (Wildman–Crippen MR) is 66.5 cm³/mol. The standard InChI is InChI=1S/C11H18N4O2S/c1-8-5-9-6-12-7-10(9)15(8)18(16,17)11-3-4-13-14(11)2/h3-4,8-10,12H,5-7H2,1-2H3. The number of hydrogen-bond acceptors (Lipinski definition) is 4. The molecule has 3 heterocycles. The third-order valence-corrected chi connectivity index (χ3v) is 6.14. The van der Waals surface area contributed by atoms with Gasteiger partial charge in [-0.15, -0.1) is 0 Å². The van der Waals surface area contributed by atoms with Crippen LogP contribution in [-0.4, -0.2) is 47.7 Å². The summed E-state index contributed by atoms with van der Waals surface area (Å²) in [6.45, 7) is 3.67. The van der Waals surface area contributed by atoms with Crippen LogP contribution in [0.5, 0.6) is 0 Å². The highest BCUT2D eigenvalue weighted by Crippen LogP contribution is 2.36. The summed E-state index contributed by atoms with van der Waals surface area (Å²) in [4.78, 5) is 0. The molecule has 2 aliphatic rings. The van der Waals surface area contributed by atoms with E-state index in [1.165, 1.54) is 10.9 Å². The summed E-state index contributed by atoms with van der Waals surface area (Å²) >= 11 is 0. The van der Waals surface area contributed by atoms with Crippen LogP contribution in [0.1, 0.15) is 13.3 Å². The van der Waals surface area contributed by atoms with Crippen molar-refractivity contribution in [3.63, 3.8) is 0 Å². The molecule has 100 valence electrons. The Morgan fingerprint density at radius 2 is 2.22 bits per heavy atom. The van der Waals surface area contributed by atoms with Gasteiger partial charge in [-0.05, 0) is 31.9 Å². The van der Waals surface area contributed by atoms with E-state index in [2.05, 4.69) is 10.4 Å². The van der Waals surface area contributed by atoms with Gasteiger partial charge in [0.25, 0.3) is 10.0 Å². The van der Waals surface area contributed by atoms with E-state index in [1.54, 1.807) is 17.4 Å². The molecule has 0 aliphatic carbocycles. The maximum absolute atomic E-state index is 12.7. The highest BCUT2D eigenvalue weighted by atomic mass is 32.2. The Labute approximate surface area is 107 Å². The molecule has 7 heteroatoms. The molecule has 0 amide bonds. The number of rotatable bonds is 2. The van der Waals surface area contributed by atoms with E-state index in [-0.39, 0.29) is 17.1 Å². The monoisotopic (exact) mass is 270 g/mol. The largest absolute Gasteiger partial charge is 0.315 e. The van der Waals surface area contributed by atoms with Gasteiger partial charge in [0.05, 0.1) is 6.20 Å². The molecule has 6 nitrogen and oxygen atoms in total. The highest BCUT2D eigenvalue weighted by molar-refractivity contribution is 7.89. The van der Waals surface area contributed by atoms with E-state index < -0.39 is 10.0 Å². The lowest BCUT2D eigenvalue weighted by atomic mass is 10.0. The fourth-order valence-corrected chi connectivity index (χ4v) is 5.26. The molecule has 18 heavy (non-hydrogen) atoms. The first-order chi connectivity index (χ1) is 8.51. The zero-order chi connectivity index (χ0) is 12.9. The number of aromatic nitrogens is 2. The highest BCUT2D eigenvalue weighted by Gasteiger charge is 2.48. The molecule has 2 saturated heterocycles. The lowest BCUT2D eigenvalue weighted by molar-refractivity contribution is 0.332. The lowest BCUT2D eigenvalue weighted by Crippen LogP contribution is -2.43. The zero-order valence-corrected chi connectivity index (χ0v) is 11.4. The van der Waals surface area contributed by atoms with E-state index in [0.717, 1.165) is 19.5 Å². The Balaban J connectivity index is 2.01. The molecule has 2 fully saturated rings. The Kier molecular flexibility index (Phi) is 2.72. The molecule has 0 aromatic carbocycles. The third kappa shape index (κ3) is 1.61. The number of fused-ring (bicyclic) bond motifs is 1. The second-order valence-corrected chi connectivity index (χ2v) is 6.99. The van der Waals surface area contributed by atoms with Crippen molar-refractivity contribution in [1.29, 1.82) is 0 Å². The number of hydrogen-bond donors (Lipinski definition) is 1. The molecule has 0 spiro atoms. The van der Waals surface area contributed by atoms with Crippen LogP contribution in [0.3, 0.4) is 0 Å². The summed E-state index contributed by atoms with van der Waals surface area (Å²) in [5.41, 5.74) is 0. The van der Waals surface area contributed by atoms with Crippen LogP contribution in [0.25, 0.3) is 0 Å². The minimum absolute atomic E-state index is 0.0713. The summed E-state index contributed by atoms with van der Waals surface area (Å²) in [5, 5.41) is 7.52. The van der Waals surface area contributed by atoms with Gasteiger partial charge in [0.15, 0.2) is 5.03 Å². The normalized spacial score (nSPS) is 32.9. The summed E-state index contributed by atoms with van der Waals surface area (Å²) in [6.07, 6.45) is 2.47. The van der Waals surface area contributed by atoms with Gasteiger partial charge in [0.2, 0.25) is 0 Å². The first kappa shape index (κ1) is 12.1. The van der Waals surface area contributed by atoms with E-state index in [1.807, 2.05) is 6.92 Å². The molecule has 1 aromatic rings. The van der Waals surface area contributed by atoms with Crippen molar-refractivity contribution in [2.45, 2.75) is 30.5 Å². The molecule has 0 saturated carbocycles. The fraction of sp³-hybridized carbons (Fsp3) is 0.727. The van der Waals surface area contributed by atoms with Crippen LogP contribution < -0.4 is 5.32 Å². The number of nitrogens with one attached hydrogen (secondary N) is 1. The summed E-state index contributed by atoms with van der Waals surface area (Å²) in [5.74, 6) is 0.447. The molecular weight excluding hydrogens is 252 g/mol. The molecule has 1 N–H and O–H groups in total. The first-order valence-electron chi connectivity index (χ1n) is 6.24. The van der Waals surface area contributed by atoms with Gasteiger partial charge >= 0.3 is 0 Å². The smallest absolute Gasteiger partial charge is 0.260 e. The average molecular weight is 270 g/mol. The number of aryl methyl sites for hydroxylation is 1. The summed E-state index contributed by atoms with van der Waals surface area (Å²) in [7, 11) is -1.77. The molecule has 0 bridgehead atoms. The van der Waals surface area contributed by atoms with Crippen LogP contribution in [0.4, 0.5) is 0 Å². The van der Waals surface area contributed by atoms with Gasteiger partial charge in [-0.3, -0.25) is 4.68 Å². The second-order valence-electron chi connectivity index (χ2n) is 5.20. The minimum atomic E-state index is -3.44. The first-order valence-corrected chi connectivity index (χ1v) is 7.68. The van der Waals surface area contributed by atoms with Crippen LogP contribution in [0, 0.1) is 5.92 Å². The van der Waals surface area contributed by atoms with Crippen molar-refractivity contribution in [3.8, 4) is 0 Å². The van der Waals surface area contributed by atoms with Gasteiger partial charge in [-0.1, -0.05) is 0 Å². The Bertz CT molecular complexity index is 553. The number of sulfonamides is 1. The van der Waals surface area contributed by atoms with Gasteiger partial charge < -0.3 is 5.32 Å². The van der Waals surface area contributed by atoms with Crippen molar-refractivity contribution in [2.75, 3.05) is 13.1 Å². The van der Waals surface area contributed by atoms with E-state index in [9.17, 15) is 8.42 Å². The molecule has 3 rings (SSSR count). The molecule has 3 atom stereocenters. The van der Waals surface area contributed by atoms with Crippen LogP contribution >= 0.6 is 0 Å². The third-order valence-electron chi connectivity index (χ3n) is 4.03. The topological polar surface area (TPSA) is 67.2 Å². The minimum Gasteiger partial charge on any atom is -0.315 e. The van der Waals surface area contributed by atoms with E-state index >= 15 is 0 Å². The lowest BCUT2D eigenvalue weighted by Gasteiger charge is -2.26. The fourth-order valence-electron chi connectivity index (χ4n) is 3.26. The Hall–Kier alpha value is -0.920. The molecular formula is C11H18N4O2S. The van der Waals surface area contributed by atoms with Crippen LogP contribution in [-0.2, 0) is 17.1 Å². The van der Waals surface area contributed by atoms with Crippen molar-refractivity contribution < 1.29 is 8.42 Å². The van der Waals surface area contributed by atoms with E-state index in [0.29, 0.717) is 5.92 Å². The molecule has 2 aliphatic heterocycles.